The first-order valence-corrected chi connectivity index (χ1v) is 4.97. The van der Waals surface area contributed by atoms with Crippen LogP contribution in [-0.2, 0) is 4.79 Å². The summed E-state index contributed by atoms with van der Waals surface area (Å²) in [5.41, 5.74) is 0.604. The normalized spacial score (nSPS) is 12.3. The molecule has 0 aliphatic heterocycles. The molecule has 1 amide bonds. The zero-order valence-electron chi connectivity index (χ0n) is 9.33. The summed E-state index contributed by atoms with van der Waals surface area (Å²) in [6.07, 6.45) is 0.341. The Labute approximate surface area is 89.7 Å². The van der Waals surface area contributed by atoms with Gasteiger partial charge in [-0.25, -0.2) is 4.39 Å². The van der Waals surface area contributed by atoms with Crippen LogP contribution < -0.4 is 0 Å². The van der Waals surface area contributed by atoms with Crippen LogP contribution in [0.3, 0.4) is 0 Å². The van der Waals surface area contributed by atoms with Gasteiger partial charge in [-0.05, 0) is 17.5 Å². The molecular weight excluding hydrogens is 193 g/mol. The van der Waals surface area contributed by atoms with E-state index < -0.39 is 0 Å². The standard InChI is InChI=1S/C12H16FNO/c1-9(8-12(15)14(2)3)10-6-4-5-7-11(10)13/h4-7,9H,8H2,1-3H3/t9-/m0/s1. The molecule has 0 saturated heterocycles. The highest BCUT2D eigenvalue weighted by Crippen LogP contribution is 2.22. The van der Waals surface area contributed by atoms with Crippen LogP contribution in [0.2, 0.25) is 0 Å². The van der Waals surface area contributed by atoms with Crippen molar-refractivity contribution in [3.8, 4) is 0 Å². The molecule has 0 aliphatic carbocycles. The van der Waals surface area contributed by atoms with Gasteiger partial charge in [0.2, 0.25) is 5.91 Å². The summed E-state index contributed by atoms with van der Waals surface area (Å²) >= 11 is 0. The second-order valence-electron chi connectivity index (χ2n) is 3.91. The van der Waals surface area contributed by atoms with Gasteiger partial charge in [0, 0.05) is 20.5 Å². The van der Waals surface area contributed by atoms with Crippen molar-refractivity contribution in [1.82, 2.24) is 4.90 Å². The van der Waals surface area contributed by atoms with Gasteiger partial charge in [0.15, 0.2) is 0 Å². The van der Waals surface area contributed by atoms with Gasteiger partial charge in [0.05, 0.1) is 0 Å². The second kappa shape index (κ2) is 4.91. The summed E-state index contributed by atoms with van der Waals surface area (Å²) in [5.74, 6) is -0.302. The van der Waals surface area contributed by atoms with E-state index in [-0.39, 0.29) is 17.6 Å². The third kappa shape index (κ3) is 3.05. The minimum absolute atomic E-state index is 0.0192. The molecular formula is C12H16FNO. The zero-order valence-corrected chi connectivity index (χ0v) is 9.33. The van der Waals surface area contributed by atoms with Gasteiger partial charge < -0.3 is 4.90 Å². The molecule has 0 spiro atoms. The predicted molar refractivity (Wildman–Crippen MR) is 58.1 cm³/mol. The first kappa shape index (κ1) is 11.7. The monoisotopic (exact) mass is 209 g/mol. The number of hydrogen-bond donors (Lipinski definition) is 0. The van der Waals surface area contributed by atoms with Crippen molar-refractivity contribution < 1.29 is 9.18 Å². The molecule has 0 bridgehead atoms. The molecule has 0 aromatic heterocycles. The molecule has 82 valence electrons. The number of amides is 1. The molecule has 1 atom stereocenters. The third-order valence-corrected chi connectivity index (χ3v) is 2.42. The van der Waals surface area contributed by atoms with E-state index in [0.29, 0.717) is 12.0 Å². The van der Waals surface area contributed by atoms with Crippen LogP contribution in [0.5, 0.6) is 0 Å². The smallest absolute Gasteiger partial charge is 0.222 e. The number of benzene rings is 1. The molecule has 0 aliphatic rings. The van der Waals surface area contributed by atoms with Crippen molar-refractivity contribution in [2.75, 3.05) is 14.1 Å². The van der Waals surface area contributed by atoms with Crippen LogP contribution in [0.25, 0.3) is 0 Å². The maximum absolute atomic E-state index is 13.4. The fourth-order valence-electron chi connectivity index (χ4n) is 1.43. The molecule has 3 heteroatoms. The van der Waals surface area contributed by atoms with Crippen LogP contribution in [0.15, 0.2) is 24.3 Å². The lowest BCUT2D eigenvalue weighted by Crippen LogP contribution is -2.23. The number of rotatable bonds is 3. The van der Waals surface area contributed by atoms with Crippen LogP contribution in [-0.4, -0.2) is 24.9 Å². The van der Waals surface area contributed by atoms with Crippen LogP contribution in [0, 0.1) is 5.82 Å². The quantitative estimate of drug-likeness (QED) is 0.748. The molecule has 1 aromatic rings. The van der Waals surface area contributed by atoms with Crippen molar-refractivity contribution in [3.63, 3.8) is 0 Å². The lowest BCUT2D eigenvalue weighted by Gasteiger charge is -2.15. The van der Waals surface area contributed by atoms with Crippen LogP contribution >= 0.6 is 0 Å². The molecule has 0 saturated carbocycles. The predicted octanol–water partition coefficient (Wildman–Crippen LogP) is 2.41. The lowest BCUT2D eigenvalue weighted by atomic mass is 9.97. The zero-order chi connectivity index (χ0) is 11.4. The van der Waals surface area contributed by atoms with Crippen molar-refractivity contribution in [3.05, 3.63) is 35.6 Å². The molecule has 0 heterocycles. The highest BCUT2D eigenvalue weighted by Gasteiger charge is 2.15. The Bertz CT molecular complexity index is 349. The molecule has 2 nitrogen and oxygen atoms in total. The van der Waals surface area contributed by atoms with E-state index in [9.17, 15) is 9.18 Å². The van der Waals surface area contributed by atoms with Crippen molar-refractivity contribution in [1.29, 1.82) is 0 Å². The Morgan fingerprint density at radius 3 is 2.53 bits per heavy atom. The largest absolute Gasteiger partial charge is 0.349 e. The summed E-state index contributed by atoms with van der Waals surface area (Å²) in [4.78, 5) is 13.0. The van der Waals surface area contributed by atoms with Gasteiger partial charge in [-0.2, -0.15) is 0 Å². The fourth-order valence-corrected chi connectivity index (χ4v) is 1.43. The summed E-state index contributed by atoms with van der Waals surface area (Å²) in [7, 11) is 3.41. The summed E-state index contributed by atoms with van der Waals surface area (Å²) in [6.45, 7) is 1.86. The Morgan fingerprint density at radius 2 is 2.00 bits per heavy atom. The van der Waals surface area contributed by atoms with Crippen LogP contribution in [0.4, 0.5) is 4.39 Å². The van der Waals surface area contributed by atoms with Gasteiger partial charge in [-0.1, -0.05) is 25.1 Å². The number of halogens is 1. The first-order chi connectivity index (χ1) is 7.02. The van der Waals surface area contributed by atoms with E-state index in [1.807, 2.05) is 6.92 Å². The highest BCUT2D eigenvalue weighted by molar-refractivity contribution is 5.76. The maximum atomic E-state index is 13.4. The summed E-state index contributed by atoms with van der Waals surface area (Å²) in [6, 6.07) is 6.59. The average Bonchev–Trinajstić information content (AvgIpc) is 2.18. The number of nitrogens with zero attached hydrogens (tertiary/aromatic N) is 1. The Balaban J connectivity index is 2.73. The lowest BCUT2D eigenvalue weighted by molar-refractivity contribution is -0.129. The van der Waals surface area contributed by atoms with Gasteiger partial charge >= 0.3 is 0 Å². The SMILES string of the molecule is C[C@@H](CC(=O)N(C)C)c1ccccc1F. The van der Waals surface area contributed by atoms with Crippen LogP contribution in [0.1, 0.15) is 24.8 Å². The maximum Gasteiger partial charge on any atom is 0.222 e. The molecule has 0 fully saturated rings. The van der Waals surface area contributed by atoms with E-state index in [1.54, 1.807) is 32.3 Å². The van der Waals surface area contributed by atoms with E-state index in [4.69, 9.17) is 0 Å². The Hall–Kier alpha value is -1.38. The van der Waals surface area contributed by atoms with Crippen molar-refractivity contribution >= 4 is 5.91 Å². The first-order valence-electron chi connectivity index (χ1n) is 4.97. The molecule has 0 radical (unpaired) electrons. The van der Waals surface area contributed by atoms with Crippen molar-refractivity contribution in [2.24, 2.45) is 0 Å². The number of hydrogen-bond acceptors (Lipinski definition) is 1. The van der Waals surface area contributed by atoms with Crippen molar-refractivity contribution in [2.45, 2.75) is 19.3 Å². The number of carbonyl (C=O) groups excluding carboxylic acids is 1. The van der Waals surface area contributed by atoms with E-state index in [1.165, 1.54) is 11.0 Å². The van der Waals surface area contributed by atoms with E-state index in [2.05, 4.69) is 0 Å². The molecule has 1 aromatic carbocycles. The van der Waals surface area contributed by atoms with E-state index >= 15 is 0 Å². The van der Waals surface area contributed by atoms with Gasteiger partial charge in [-0.15, -0.1) is 0 Å². The minimum atomic E-state index is -0.239. The molecule has 0 N–H and O–H groups in total. The Kier molecular flexibility index (Phi) is 3.83. The Morgan fingerprint density at radius 1 is 1.40 bits per heavy atom. The summed E-state index contributed by atoms with van der Waals surface area (Å²) < 4.78 is 13.4. The molecule has 15 heavy (non-hydrogen) atoms. The van der Waals surface area contributed by atoms with Gasteiger partial charge in [-0.3, -0.25) is 4.79 Å². The second-order valence-corrected chi connectivity index (χ2v) is 3.91. The topological polar surface area (TPSA) is 20.3 Å². The average molecular weight is 209 g/mol. The van der Waals surface area contributed by atoms with Gasteiger partial charge in [0.1, 0.15) is 5.82 Å². The van der Waals surface area contributed by atoms with Gasteiger partial charge in [0.25, 0.3) is 0 Å². The van der Waals surface area contributed by atoms with E-state index in [0.717, 1.165) is 0 Å². The minimum Gasteiger partial charge on any atom is -0.349 e. The molecule has 1 rings (SSSR count). The summed E-state index contributed by atoms with van der Waals surface area (Å²) in [5, 5.41) is 0. The highest BCUT2D eigenvalue weighted by atomic mass is 19.1. The molecule has 0 unspecified atom stereocenters. The fraction of sp³-hybridized carbons (Fsp3) is 0.417. The third-order valence-electron chi connectivity index (χ3n) is 2.42. The number of carbonyl (C=O) groups is 1.